The lowest BCUT2D eigenvalue weighted by atomic mass is 10.0. The van der Waals surface area contributed by atoms with Crippen molar-refractivity contribution in [1.82, 2.24) is 14.9 Å². The summed E-state index contributed by atoms with van der Waals surface area (Å²) in [5, 5.41) is 4.72. The second-order valence-corrected chi connectivity index (χ2v) is 7.94. The van der Waals surface area contributed by atoms with E-state index in [9.17, 15) is 14.0 Å². The van der Waals surface area contributed by atoms with Crippen LogP contribution in [0.15, 0.2) is 90.7 Å². The van der Waals surface area contributed by atoms with Crippen LogP contribution in [0.4, 0.5) is 10.1 Å². The second-order valence-electron chi connectivity index (χ2n) is 6.91. The first-order valence-corrected chi connectivity index (χ1v) is 10.7. The molecule has 2 aromatic carbocycles. The molecule has 0 spiro atoms. The van der Waals surface area contributed by atoms with Crippen LogP contribution in [0.1, 0.15) is 27.0 Å². The van der Waals surface area contributed by atoms with Crippen molar-refractivity contribution in [3.05, 3.63) is 113 Å². The molecule has 0 aliphatic carbocycles. The fraction of sp³-hybridized carbons (Fsp3) is 0.0833. The van der Waals surface area contributed by atoms with Crippen molar-refractivity contribution < 1.29 is 14.0 Å². The first-order chi connectivity index (χ1) is 15.6. The Hall–Kier alpha value is -3.91. The standard InChI is InChI=1S/C24H19FN4O2S/c25-18-8-10-19(11-9-18)28-23(30)22(17-5-2-1-3-6-17)29(16-20-7-4-14-32-20)24(31)21-15-26-12-13-27-21/h1-15,22H,16H2,(H,28,30)/t22-/m1/s1. The van der Waals surface area contributed by atoms with Crippen molar-refractivity contribution in [2.45, 2.75) is 12.6 Å². The molecule has 0 aliphatic heterocycles. The molecule has 2 heterocycles. The van der Waals surface area contributed by atoms with Crippen molar-refractivity contribution in [1.29, 1.82) is 0 Å². The van der Waals surface area contributed by atoms with E-state index in [0.717, 1.165) is 4.88 Å². The Morgan fingerprint density at radius 3 is 2.44 bits per heavy atom. The number of halogens is 1. The van der Waals surface area contributed by atoms with Crippen LogP contribution in [0.3, 0.4) is 0 Å². The number of anilines is 1. The third-order valence-corrected chi connectivity index (χ3v) is 5.60. The third kappa shape index (κ3) is 5.04. The number of amides is 2. The summed E-state index contributed by atoms with van der Waals surface area (Å²) in [5.74, 6) is -1.24. The number of hydrogen-bond acceptors (Lipinski definition) is 5. The number of hydrogen-bond donors (Lipinski definition) is 1. The molecule has 0 aliphatic rings. The maximum absolute atomic E-state index is 13.5. The van der Waals surface area contributed by atoms with Gasteiger partial charge in [-0.3, -0.25) is 14.6 Å². The van der Waals surface area contributed by atoms with Gasteiger partial charge in [-0.1, -0.05) is 36.4 Å². The van der Waals surface area contributed by atoms with Crippen LogP contribution < -0.4 is 5.32 Å². The quantitative estimate of drug-likeness (QED) is 0.447. The predicted molar refractivity (Wildman–Crippen MR) is 120 cm³/mol. The summed E-state index contributed by atoms with van der Waals surface area (Å²) in [6, 6.07) is 17.4. The van der Waals surface area contributed by atoms with Crippen LogP contribution >= 0.6 is 11.3 Å². The minimum absolute atomic E-state index is 0.138. The predicted octanol–water partition coefficient (Wildman–Crippen LogP) is 4.70. The Morgan fingerprint density at radius 1 is 1.00 bits per heavy atom. The molecule has 160 valence electrons. The molecular formula is C24H19FN4O2S. The van der Waals surface area contributed by atoms with E-state index in [1.54, 1.807) is 12.1 Å². The Bertz CT molecular complexity index is 1170. The molecule has 4 aromatic rings. The number of nitrogens with zero attached hydrogens (tertiary/aromatic N) is 3. The number of rotatable bonds is 7. The Morgan fingerprint density at radius 2 is 1.78 bits per heavy atom. The van der Waals surface area contributed by atoms with E-state index in [1.165, 1.54) is 59.1 Å². The van der Waals surface area contributed by atoms with E-state index in [1.807, 2.05) is 35.7 Å². The van der Waals surface area contributed by atoms with Crippen LogP contribution in [0.25, 0.3) is 0 Å². The Balaban J connectivity index is 1.74. The summed E-state index contributed by atoms with van der Waals surface area (Å²) >= 11 is 1.49. The number of thiophene rings is 1. The largest absolute Gasteiger partial charge is 0.324 e. The molecule has 2 aromatic heterocycles. The number of aromatic nitrogens is 2. The minimum Gasteiger partial charge on any atom is -0.324 e. The van der Waals surface area contributed by atoms with E-state index in [2.05, 4.69) is 15.3 Å². The van der Waals surface area contributed by atoms with Gasteiger partial charge in [-0.15, -0.1) is 11.3 Å². The summed E-state index contributed by atoms with van der Waals surface area (Å²) in [6.45, 7) is 0.212. The van der Waals surface area contributed by atoms with E-state index in [0.29, 0.717) is 11.3 Å². The van der Waals surface area contributed by atoms with E-state index in [4.69, 9.17) is 0 Å². The molecule has 0 fully saturated rings. The molecule has 4 rings (SSSR count). The van der Waals surface area contributed by atoms with Gasteiger partial charge in [-0.2, -0.15) is 0 Å². The highest BCUT2D eigenvalue weighted by atomic mass is 32.1. The van der Waals surface area contributed by atoms with Crippen molar-refractivity contribution in [2.24, 2.45) is 0 Å². The highest BCUT2D eigenvalue weighted by Gasteiger charge is 2.33. The van der Waals surface area contributed by atoms with Crippen molar-refractivity contribution in [3.8, 4) is 0 Å². The minimum atomic E-state index is -0.946. The van der Waals surface area contributed by atoms with E-state index >= 15 is 0 Å². The number of carbonyl (C=O) groups is 2. The summed E-state index contributed by atoms with van der Waals surface area (Å²) in [7, 11) is 0. The van der Waals surface area contributed by atoms with Crippen LogP contribution in [-0.4, -0.2) is 26.7 Å². The van der Waals surface area contributed by atoms with Gasteiger partial charge in [-0.05, 0) is 41.3 Å². The lowest BCUT2D eigenvalue weighted by Gasteiger charge is -2.31. The third-order valence-electron chi connectivity index (χ3n) is 4.74. The van der Waals surface area contributed by atoms with Crippen molar-refractivity contribution in [3.63, 3.8) is 0 Å². The lowest BCUT2D eigenvalue weighted by Crippen LogP contribution is -2.41. The molecule has 32 heavy (non-hydrogen) atoms. The van der Waals surface area contributed by atoms with Gasteiger partial charge in [0.2, 0.25) is 0 Å². The SMILES string of the molecule is O=C(Nc1ccc(F)cc1)[C@@H](c1ccccc1)N(Cc1cccs1)C(=O)c1cnccn1. The van der Waals surface area contributed by atoms with Gasteiger partial charge in [0.25, 0.3) is 11.8 Å². The summed E-state index contributed by atoms with van der Waals surface area (Å²) in [5.41, 5.74) is 1.21. The summed E-state index contributed by atoms with van der Waals surface area (Å²) < 4.78 is 13.3. The smallest absolute Gasteiger partial charge is 0.275 e. The van der Waals surface area contributed by atoms with Gasteiger partial charge in [-0.25, -0.2) is 9.37 Å². The van der Waals surface area contributed by atoms with E-state index < -0.39 is 23.7 Å². The normalized spacial score (nSPS) is 11.5. The molecule has 0 saturated heterocycles. The summed E-state index contributed by atoms with van der Waals surface area (Å²) in [6.07, 6.45) is 4.30. The average Bonchev–Trinajstić information content (AvgIpc) is 3.34. The number of benzene rings is 2. The van der Waals surface area contributed by atoms with Gasteiger partial charge in [0.15, 0.2) is 0 Å². The molecule has 2 amide bonds. The highest BCUT2D eigenvalue weighted by molar-refractivity contribution is 7.09. The number of nitrogens with one attached hydrogen (secondary N) is 1. The zero-order valence-corrected chi connectivity index (χ0v) is 17.7. The van der Waals surface area contributed by atoms with Crippen molar-refractivity contribution >= 4 is 28.8 Å². The summed E-state index contributed by atoms with van der Waals surface area (Å²) in [4.78, 5) is 37.5. The molecule has 1 atom stereocenters. The van der Waals surface area contributed by atoms with Crippen LogP contribution in [0.2, 0.25) is 0 Å². The number of carbonyl (C=O) groups excluding carboxylic acids is 2. The molecule has 8 heteroatoms. The second kappa shape index (κ2) is 9.93. The Kier molecular flexibility index (Phi) is 6.62. The zero-order chi connectivity index (χ0) is 22.3. The van der Waals surface area contributed by atoms with Crippen LogP contribution in [0.5, 0.6) is 0 Å². The molecule has 0 bridgehead atoms. The van der Waals surface area contributed by atoms with Crippen molar-refractivity contribution in [2.75, 3.05) is 5.32 Å². The molecular weight excluding hydrogens is 427 g/mol. The zero-order valence-electron chi connectivity index (χ0n) is 16.9. The highest BCUT2D eigenvalue weighted by Crippen LogP contribution is 2.28. The molecule has 0 unspecified atom stereocenters. The average molecular weight is 447 g/mol. The lowest BCUT2D eigenvalue weighted by molar-refractivity contribution is -0.121. The van der Waals surface area contributed by atoms with Gasteiger partial charge in [0.05, 0.1) is 12.7 Å². The van der Waals surface area contributed by atoms with E-state index in [-0.39, 0.29) is 12.2 Å². The first-order valence-electron chi connectivity index (χ1n) is 9.82. The molecule has 1 N–H and O–H groups in total. The molecule has 0 radical (unpaired) electrons. The van der Waals surface area contributed by atoms with Gasteiger partial charge in [0, 0.05) is 23.0 Å². The van der Waals surface area contributed by atoms with Crippen LogP contribution in [-0.2, 0) is 11.3 Å². The molecule has 6 nitrogen and oxygen atoms in total. The van der Waals surface area contributed by atoms with Gasteiger partial charge >= 0.3 is 0 Å². The molecule has 0 saturated carbocycles. The van der Waals surface area contributed by atoms with Gasteiger partial charge in [0.1, 0.15) is 17.6 Å². The monoisotopic (exact) mass is 446 g/mol. The Labute approximate surface area is 188 Å². The fourth-order valence-corrected chi connectivity index (χ4v) is 3.96. The fourth-order valence-electron chi connectivity index (χ4n) is 3.26. The topological polar surface area (TPSA) is 75.2 Å². The first kappa shape index (κ1) is 21.3. The maximum atomic E-state index is 13.5. The van der Waals surface area contributed by atoms with Gasteiger partial charge < -0.3 is 10.2 Å². The van der Waals surface area contributed by atoms with Crippen LogP contribution in [0, 0.1) is 5.82 Å². The maximum Gasteiger partial charge on any atom is 0.275 e.